The highest BCUT2D eigenvalue weighted by atomic mass is 16.5. The number of amides is 2. The average Bonchev–Trinajstić information content (AvgIpc) is 3.28. The third kappa shape index (κ3) is 4.58. The standard InChI is InChI=1S/C23H24N4O4/c1-15(28)24-18-7-5-6-17(14-18)23(29)27-12-10-16(11-13-27)21-25-22(31-26-21)19-8-3-4-9-20(19)30-2/h3-9,14,16H,10-13H2,1-2H3,(H,24,28). The summed E-state index contributed by atoms with van der Waals surface area (Å²) in [6.07, 6.45) is 1.50. The van der Waals surface area contributed by atoms with Crippen LogP contribution < -0.4 is 10.1 Å². The Morgan fingerprint density at radius 1 is 1.13 bits per heavy atom. The molecule has 2 aromatic carbocycles. The van der Waals surface area contributed by atoms with Crippen LogP contribution in [-0.4, -0.2) is 47.1 Å². The molecule has 8 nitrogen and oxygen atoms in total. The van der Waals surface area contributed by atoms with E-state index in [2.05, 4.69) is 15.5 Å². The molecule has 0 aliphatic carbocycles. The minimum absolute atomic E-state index is 0.0477. The molecule has 3 aromatic rings. The smallest absolute Gasteiger partial charge is 0.261 e. The molecule has 1 aliphatic rings. The molecular formula is C23H24N4O4. The van der Waals surface area contributed by atoms with Crippen molar-refractivity contribution in [3.05, 3.63) is 59.9 Å². The molecule has 1 N–H and O–H groups in total. The molecule has 0 unspecified atom stereocenters. The number of piperidine rings is 1. The molecular weight excluding hydrogens is 396 g/mol. The molecule has 0 saturated carbocycles. The molecule has 0 spiro atoms. The van der Waals surface area contributed by atoms with Crippen molar-refractivity contribution < 1.29 is 18.8 Å². The number of nitrogens with one attached hydrogen (secondary N) is 1. The lowest BCUT2D eigenvalue weighted by molar-refractivity contribution is -0.114. The Kier molecular flexibility index (Phi) is 5.97. The van der Waals surface area contributed by atoms with Gasteiger partial charge in [-0.05, 0) is 43.2 Å². The van der Waals surface area contributed by atoms with Gasteiger partial charge in [0.05, 0.1) is 12.7 Å². The number of hydrogen-bond acceptors (Lipinski definition) is 6. The molecule has 2 heterocycles. The van der Waals surface area contributed by atoms with Crippen LogP contribution in [-0.2, 0) is 4.79 Å². The summed E-state index contributed by atoms with van der Waals surface area (Å²) in [5.41, 5.74) is 1.93. The summed E-state index contributed by atoms with van der Waals surface area (Å²) in [4.78, 5) is 30.6. The number of nitrogens with zero attached hydrogens (tertiary/aromatic N) is 3. The van der Waals surface area contributed by atoms with Gasteiger partial charge in [-0.15, -0.1) is 0 Å². The monoisotopic (exact) mass is 420 g/mol. The number of aromatic nitrogens is 2. The zero-order valence-corrected chi connectivity index (χ0v) is 17.5. The van der Waals surface area contributed by atoms with Crippen molar-refractivity contribution in [2.75, 3.05) is 25.5 Å². The van der Waals surface area contributed by atoms with Gasteiger partial charge in [0.2, 0.25) is 5.91 Å². The zero-order chi connectivity index (χ0) is 21.8. The van der Waals surface area contributed by atoms with Crippen molar-refractivity contribution in [3.8, 4) is 17.2 Å². The third-order valence-electron chi connectivity index (χ3n) is 5.36. The summed E-state index contributed by atoms with van der Waals surface area (Å²) in [5, 5.41) is 6.88. The van der Waals surface area contributed by atoms with Crippen molar-refractivity contribution in [2.24, 2.45) is 0 Å². The second-order valence-corrected chi connectivity index (χ2v) is 7.49. The first-order valence-electron chi connectivity index (χ1n) is 10.2. The molecule has 1 aliphatic heterocycles. The number of para-hydroxylation sites is 1. The van der Waals surface area contributed by atoms with E-state index in [9.17, 15) is 9.59 Å². The van der Waals surface area contributed by atoms with Crippen LogP contribution in [0.15, 0.2) is 53.1 Å². The van der Waals surface area contributed by atoms with Crippen LogP contribution in [0.1, 0.15) is 41.9 Å². The Labute approximate surface area is 180 Å². The highest BCUT2D eigenvalue weighted by Crippen LogP contribution is 2.32. The lowest BCUT2D eigenvalue weighted by Gasteiger charge is -2.30. The van der Waals surface area contributed by atoms with Gasteiger partial charge in [0, 0.05) is 37.2 Å². The van der Waals surface area contributed by atoms with Crippen molar-refractivity contribution in [2.45, 2.75) is 25.7 Å². The first-order chi connectivity index (χ1) is 15.0. The Bertz CT molecular complexity index is 1090. The molecule has 0 radical (unpaired) electrons. The number of anilines is 1. The first-order valence-corrected chi connectivity index (χ1v) is 10.2. The molecule has 4 rings (SSSR count). The summed E-state index contributed by atoms with van der Waals surface area (Å²) >= 11 is 0. The molecule has 8 heteroatoms. The first kappa shape index (κ1) is 20.6. The zero-order valence-electron chi connectivity index (χ0n) is 17.5. The van der Waals surface area contributed by atoms with Crippen LogP contribution in [0.5, 0.6) is 5.75 Å². The lowest BCUT2D eigenvalue weighted by atomic mass is 9.95. The topological polar surface area (TPSA) is 97.6 Å². The largest absolute Gasteiger partial charge is 0.496 e. The van der Waals surface area contributed by atoms with Crippen LogP contribution in [0.25, 0.3) is 11.5 Å². The number of methoxy groups -OCH3 is 1. The molecule has 1 aromatic heterocycles. The summed E-state index contributed by atoms with van der Waals surface area (Å²) in [6.45, 7) is 2.65. The number of carbonyl (C=O) groups is 2. The van der Waals surface area contributed by atoms with Gasteiger partial charge in [-0.3, -0.25) is 9.59 Å². The van der Waals surface area contributed by atoms with Crippen LogP contribution in [0.4, 0.5) is 5.69 Å². The number of rotatable bonds is 5. The van der Waals surface area contributed by atoms with Gasteiger partial charge in [0.25, 0.3) is 11.8 Å². The second kappa shape index (κ2) is 8.99. The van der Waals surface area contributed by atoms with Gasteiger partial charge < -0.3 is 19.5 Å². The van der Waals surface area contributed by atoms with E-state index in [0.29, 0.717) is 41.8 Å². The maximum atomic E-state index is 12.9. The molecule has 0 bridgehead atoms. The third-order valence-corrected chi connectivity index (χ3v) is 5.36. The number of hydrogen-bond donors (Lipinski definition) is 1. The molecule has 1 fully saturated rings. The average molecular weight is 420 g/mol. The fourth-order valence-electron chi connectivity index (χ4n) is 3.79. The van der Waals surface area contributed by atoms with Gasteiger partial charge in [-0.1, -0.05) is 23.4 Å². The Hall–Kier alpha value is -3.68. The minimum Gasteiger partial charge on any atom is -0.496 e. The number of carbonyl (C=O) groups excluding carboxylic acids is 2. The fourth-order valence-corrected chi connectivity index (χ4v) is 3.79. The van der Waals surface area contributed by atoms with E-state index in [1.54, 1.807) is 31.4 Å². The number of ether oxygens (including phenoxy) is 1. The molecule has 160 valence electrons. The highest BCUT2D eigenvalue weighted by molar-refractivity contribution is 5.96. The molecule has 1 saturated heterocycles. The van der Waals surface area contributed by atoms with E-state index in [1.165, 1.54) is 6.92 Å². The Morgan fingerprint density at radius 2 is 1.90 bits per heavy atom. The van der Waals surface area contributed by atoms with E-state index in [-0.39, 0.29) is 17.7 Å². The maximum absolute atomic E-state index is 12.9. The van der Waals surface area contributed by atoms with Crippen LogP contribution in [0.3, 0.4) is 0 Å². The summed E-state index contributed by atoms with van der Waals surface area (Å²) in [7, 11) is 1.61. The predicted octanol–water partition coefficient (Wildman–Crippen LogP) is 3.72. The SMILES string of the molecule is COc1ccccc1-c1nc(C2CCN(C(=O)c3cccc(NC(C)=O)c3)CC2)no1. The number of benzene rings is 2. The fraction of sp³-hybridized carbons (Fsp3) is 0.304. The normalized spacial score (nSPS) is 14.3. The Morgan fingerprint density at radius 3 is 2.65 bits per heavy atom. The summed E-state index contributed by atoms with van der Waals surface area (Å²) in [5.74, 6) is 1.68. The van der Waals surface area contributed by atoms with Gasteiger partial charge in [-0.2, -0.15) is 4.98 Å². The van der Waals surface area contributed by atoms with E-state index >= 15 is 0 Å². The van der Waals surface area contributed by atoms with Crippen molar-refractivity contribution in [1.29, 1.82) is 0 Å². The molecule has 2 amide bonds. The van der Waals surface area contributed by atoms with Gasteiger partial charge >= 0.3 is 0 Å². The van der Waals surface area contributed by atoms with E-state index < -0.39 is 0 Å². The van der Waals surface area contributed by atoms with E-state index in [1.807, 2.05) is 29.2 Å². The van der Waals surface area contributed by atoms with Gasteiger partial charge in [-0.25, -0.2) is 0 Å². The predicted molar refractivity (Wildman–Crippen MR) is 115 cm³/mol. The van der Waals surface area contributed by atoms with Gasteiger partial charge in [0.1, 0.15) is 5.75 Å². The number of likely N-dealkylation sites (tertiary alicyclic amines) is 1. The van der Waals surface area contributed by atoms with Crippen molar-refractivity contribution in [3.63, 3.8) is 0 Å². The van der Waals surface area contributed by atoms with Gasteiger partial charge in [0.15, 0.2) is 5.82 Å². The van der Waals surface area contributed by atoms with Crippen LogP contribution in [0, 0.1) is 0 Å². The highest BCUT2D eigenvalue weighted by Gasteiger charge is 2.28. The van der Waals surface area contributed by atoms with E-state index in [0.717, 1.165) is 18.4 Å². The summed E-state index contributed by atoms with van der Waals surface area (Å²) < 4.78 is 10.9. The Balaban J connectivity index is 1.41. The summed E-state index contributed by atoms with van der Waals surface area (Å²) in [6, 6.07) is 14.5. The van der Waals surface area contributed by atoms with Crippen LogP contribution in [0.2, 0.25) is 0 Å². The lowest BCUT2D eigenvalue weighted by Crippen LogP contribution is -2.38. The minimum atomic E-state index is -0.169. The molecule has 31 heavy (non-hydrogen) atoms. The molecule has 0 atom stereocenters. The van der Waals surface area contributed by atoms with E-state index in [4.69, 9.17) is 9.26 Å². The quantitative estimate of drug-likeness (QED) is 0.676. The maximum Gasteiger partial charge on any atom is 0.261 e. The second-order valence-electron chi connectivity index (χ2n) is 7.49. The van der Waals surface area contributed by atoms with Crippen molar-refractivity contribution >= 4 is 17.5 Å². The van der Waals surface area contributed by atoms with Crippen molar-refractivity contribution in [1.82, 2.24) is 15.0 Å². The van der Waals surface area contributed by atoms with Crippen LogP contribution >= 0.6 is 0 Å².